The Labute approximate surface area is 125 Å². The van der Waals surface area contributed by atoms with Crippen molar-refractivity contribution in [1.29, 1.82) is 0 Å². The van der Waals surface area contributed by atoms with Gasteiger partial charge in [-0.15, -0.1) is 10.2 Å². The molecule has 0 fully saturated rings. The number of anilines is 3. The van der Waals surface area contributed by atoms with E-state index in [1.807, 2.05) is 13.0 Å². The van der Waals surface area contributed by atoms with Gasteiger partial charge in [-0.3, -0.25) is 14.5 Å². The van der Waals surface area contributed by atoms with Crippen molar-refractivity contribution >= 4 is 39.7 Å². The van der Waals surface area contributed by atoms with Crippen molar-refractivity contribution in [3.63, 3.8) is 0 Å². The summed E-state index contributed by atoms with van der Waals surface area (Å²) in [6.07, 6.45) is 0. The highest BCUT2D eigenvalue weighted by Gasteiger charge is 2.29. The summed E-state index contributed by atoms with van der Waals surface area (Å²) in [5, 5.41) is 14.4. The van der Waals surface area contributed by atoms with E-state index in [1.165, 1.54) is 16.2 Å². The van der Waals surface area contributed by atoms with E-state index in [0.29, 0.717) is 23.1 Å². The highest BCUT2D eigenvalue weighted by molar-refractivity contribution is 7.17. The van der Waals surface area contributed by atoms with Crippen LogP contribution in [-0.4, -0.2) is 35.1 Å². The highest BCUT2D eigenvalue weighted by Crippen LogP contribution is 2.30. The van der Waals surface area contributed by atoms with E-state index in [-0.39, 0.29) is 23.4 Å². The number of nitrogens with one attached hydrogen (secondary N) is 2. The van der Waals surface area contributed by atoms with Gasteiger partial charge in [0.15, 0.2) is 0 Å². The Kier molecular flexibility index (Phi) is 3.53. The molecule has 2 N–H and O–H groups in total. The second-order valence-electron chi connectivity index (χ2n) is 4.40. The minimum Gasteiger partial charge on any atom is -0.360 e. The van der Waals surface area contributed by atoms with Crippen LogP contribution in [0.25, 0.3) is 0 Å². The van der Waals surface area contributed by atoms with Crippen LogP contribution in [0.5, 0.6) is 0 Å². The Bertz CT molecular complexity index is 699. The summed E-state index contributed by atoms with van der Waals surface area (Å²) < 4.78 is 0. The molecule has 0 unspecified atom stereocenters. The molecule has 2 aromatic rings. The van der Waals surface area contributed by atoms with E-state index in [4.69, 9.17) is 0 Å². The van der Waals surface area contributed by atoms with Gasteiger partial charge in [-0.1, -0.05) is 23.5 Å². The summed E-state index contributed by atoms with van der Waals surface area (Å²) in [5.74, 6) is -0.544. The van der Waals surface area contributed by atoms with Gasteiger partial charge in [0.2, 0.25) is 16.0 Å². The van der Waals surface area contributed by atoms with Crippen molar-refractivity contribution in [2.45, 2.75) is 6.92 Å². The number of nitrogens with zero attached hydrogens (tertiary/aromatic N) is 3. The quantitative estimate of drug-likeness (QED) is 0.898. The first-order valence-corrected chi connectivity index (χ1v) is 7.29. The van der Waals surface area contributed by atoms with Gasteiger partial charge in [0.25, 0.3) is 5.91 Å². The molecule has 2 heterocycles. The molecule has 8 heteroatoms. The summed E-state index contributed by atoms with van der Waals surface area (Å²) in [6.45, 7) is 2.62. The number of aromatic nitrogens is 2. The molecule has 7 nitrogen and oxygen atoms in total. The van der Waals surface area contributed by atoms with Crippen molar-refractivity contribution in [2.75, 3.05) is 28.6 Å². The molecule has 108 valence electrons. The maximum Gasteiger partial charge on any atom is 0.289 e. The van der Waals surface area contributed by atoms with E-state index >= 15 is 0 Å². The molecular weight excluding hydrogens is 290 g/mol. The number of para-hydroxylation sites is 2. The predicted molar refractivity (Wildman–Crippen MR) is 80.8 cm³/mol. The monoisotopic (exact) mass is 303 g/mol. The Morgan fingerprint density at radius 2 is 2.24 bits per heavy atom. The lowest BCUT2D eigenvalue weighted by atomic mass is 10.2. The second kappa shape index (κ2) is 5.49. The lowest BCUT2D eigenvalue weighted by Crippen LogP contribution is -2.42. The first-order valence-electron chi connectivity index (χ1n) is 6.47. The summed E-state index contributed by atoms with van der Waals surface area (Å²) in [6, 6.07) is 7.18. The van der Waals surface area contributed by atoms with Crippen molar-refractivity contribution in [2.24, 2.45) is 0 Å². The molecule has 2 amide bonds. The smallest absolute Gasteiger partial charge is 0.289 e. The molecular formula is C13H13N5O2S. The zero-order valence-corrected chi connectivity index (χ0v) is 12.1. The molecule has 21 heavy (non-hydrogen) atoms. The average Bonchev–Trinajstić information content (AvgIpc) is 2.94. The van der Waals surface area contributed by atoms with Crippen LogP contribution in [0, 0.1) is 0 Å². The Balaban J connectivity index is 1.92. The first-order chi connectivity index (χ1) is 10.2. The minimum absolute atomic E-state index is 0.0219. The maximum absolute atomic E-state index is 12.6. The lowest BCUT2D eigenvalue weighted by molar-refractivity contribution is -0.115. The molecule has 1 aliphatic rings. The fraction of sp³-hybridized carbons (Fsp3) is 0.231. The minimum atomic E-state index is -0.320. The molecule has 3 rings (SSSR count). The molecule has 1 aromatic carbocycles. The molecule has 0 bridgehead atoms. The topological polar surface area (TPSA) is 87.2 Å². The molecule has 0 radical (unpaired) electrons. The van der Waals surface area contributed by atoms with E-state index < -0.39 is 0 Å². The van der Waals surface area contributed by atoms with Crippen molar-refractivity contribution in [1.82, 2.24) is 10.2 Å². The van der Waals surface area contributed by atoms with Crippen LogP contribution in [0.1, 0.15) is 16.7 Å². The molecule has 0 saturated carbocycles. The van der Waals surface area contributed by atoms with Gasteiger partial charge in [0.05, 0.1) is 11.4 Å². The molecule has 0 spiro atoms. The van der Waals surface area contributed by atoms with Crippen molar-refractivity contribution in [3.05, 3.63) is 29.3 Å². The second-order valence-corrected chi connectivity index (χ2v) is 5.38. The fourth-order valence-corrected chi connectivity index (χ4v) is 2.82. The number of benzene rings is 1. The van der Waals surface area contributed by atoms with Crippen LogP contribution in [0.3, 0.4) is 0 Å². The maximum atomic E-state index is 12.6. The van der Waals surface area contributed by atoms with E-state index in [9.17, 15) is 9.59 Å². The third-order valence-corrected chi connectivity index (χ3v) is 3.82. The van der Waals surface area contributed by atoms with Crippen LogP contribution < -0.4 is 15.5 Å². The number of fused-ring (bicyclic) bond motifs is 1. The van der Waals surface area contributed by atoms with E-state index in [1.54, 1.807) is 18.2 Å². The normalized spacial score (nSPS) is 13.6. The van der Waals surface area contributed by atoms with Crippen LogP contribution in [-0.2, 0) is 4.79 Å². The largest absolute Gasteiger partial charge is 0.360 e. The van der Waals surface area contributed by atoms with Crippen LogP contribution in [0.4, 0.5) is 16.5 Å². The number of carbonyl (C=O) groups is 2. The molecule has 0 aliphatic carbocycles. The summed E-state index contributed by atoms with van der Waals surface area (Å²) in [7, 11) is 0. The third kappa shape index (κ3) is 2.57. The number of rotatable bonds is 3. The summed E-state index contributed by atoms with van der Waals surface area (Å²) in [5.41, 5.74) is 1.29. The van der Waals surface area contributed by atoms with Gasteiger partial charge in [-0.25, -0.2) is 0 Å². The van der Waals surface area contributed by atoms with Gasteiger partial charge >= 0.3 is 0 Å². The summed E-state index contributed by atoms with van der Waals surface area (Å²) >= 11 is 1.18. The first kappa shape index (κ1) is 13.5. The lowest BCUT2D eigenvalue weighted by Gasteiger charge is -2.28. The van der Waals surface area contributed by atoms with Crippen LogP contribution in [0.15, 0.2) is 24.3 Å². The molecule has 1 aromatic heterocycles. The number of hydrogen-bond donors (Lipinski definition) is 2. The summed E-state index contributed by atoms with van der Waals surface area (Å²) in [4.78, 5) is 25.7. The van der Waals surface area contributed by atoms with Crippen molar-refractivity contribution in [3.8, 4) is 0 Å². The Morgan fingerprint density at radius 3 is 3.05 bits per heavy atom. The van der Waals surface area contributed by atoms with Gasteiger partial charge in [-0.05, 0) is 19.1 Å². The fourth-order valence-electron chi connectivity index (χ4n) is 2.06. The van der Waals surface area contributed by atoms with Gasteiger partial charge in [-0.2, -0.15) is 0 Å². The number of carbonyl (C=O) groups excluding carboxylic acids is 2. The zero-order chi connectivity index (χ0) is 14.8. The third-order valence-electron chi connectivity index (χ3n) is 2.95. The Hall–Kier alpha value is -2.48. The van der Waals surface area contributed by atoms with E-state index in [2.05, 4.69) is 20.8 Å². The standard InChI is InChI=1S/C13H13N5O2S/c1-2-14-13-17-16-11(21-13)12(20)18-7-10(19)15-8-5-3-4-6-9(8)18/h3-6H,2,7H2,1H3,(H,14,17)(H,15,19). The van der Waals surface area contributed by atoms with E-state index in [0.717, 1.165) is 0 Å². The molecule has 0 saturated heterocycles. The van der Waals surface area contributed by atoms with Crippen molar-refractivity contribution < 1.29 is 9.59 Å². The van der Waals surface area contributed by atoms with Gasteiger partial charge < -0.3 is 10.6 Å². The predicted octanol–water partition coefficient (Wildman–Crippen LogP) is 1.57. The number of hydrogen-bond acceptors (Lipinski definition) is 6. The highest BCUT2D eigenvalue weighted by atomic mass is 32.1. The average molecular weight is 303 g/mol. The zero-order valence-electron chi connectivity index (χ0n) is 11.3. The number of amides is 2. The van der Waals surface area contributed by atoms with Gasteiger partial charge in [0, 0.05) is 6.54 Å². The van der Waals surface area contributed by atoms with Crippen LogP contribution >= 0.6 is 11.3 Å². The molecule has 1 aliphatic heterocycles. The Morgan fingerprint density at radius 1 is 1.43 bits per heavy atom. The SMILES string of the molecule is CCNc1nnc(C(=O)N2CC(=O)Nc3ccccc32)s1. The van der Waals surface area contributed by atoms with Crippen LogP contribution in [0.2, 0.25) is 0 Å². The molecule has 0 atom stereocenters. The van der Waals surface area contributed by atoms with Gasteiger partial charge in [0.1, 0.15) is 6.54 Å².